The number of benzene rings is 1. The molecule has 8 nitrogen and oxygen atoms in total. The third kappa shape index (κ3) is 4.00. The molecule has 3 aromatic heterocycles. The summed E-state index contributed by atoms with van der Waals surface area (Å²) in [6, 6.07) is 14.6. The normalized spacial score (nSPS) is 12.1. The van der Waals surface area contributed by atoms with E-state index in [1.165, 1.54) is 6.20 Å². The number of fused-ring (bicyclic) bond motifs is 1. The van der Waals surface area contributed by atoms with Crippen molar-refractivity contribution in [2.75, 3.05) is 6.79 Å². The van der Waals surface area contributed by atoms with Crippen LogP contribution in [0.1, 0.15) is 21.9 Å². The summed E-state index contributed by atoms with van der Waals surface area (Å²) in [5.41, 5.74) is 4.37. The van der Waals surface area contributed by atoms with Gasteiger partial charge < -0.3 is 19.8 Å². The van der Waals surface area contributed by atoms with Crippen molar-refractivity contribution in [1.29, 1.82) is 0 Å². The van der Waals surface area contributed by atoms with Crippen LogP contribution < -0.4 is 14.8 Å². The van der Waals surface area contributed by atoms with Crippen LogP contribution in [0.15, 0.2) is 54.7 Å². The molecule has 0 fully saturated rings. The number of aromatic nitrogens is 4. The van der Waals surface area contributed by atoms with Crippen LogP contribution in [0, 0.1) is 6.92 Å². The van der Waals surface area contributed by atoms with Crippen molar-refractivity contribution in [1.82, 2.24) is 25.3 Å². The Hall–Kier alpha value is -3.91. The molecule has 4 aromatic rings. The number of aryl methyl sites for hydroxylation is 1. The first-order valence-corrected chi connectivity index (χ1v) is 10.3. The van der Waals surface area contributed by atoms with Crippen molar-refractivity contribution in [3.63, 3.8) is 0 Å². The van der Waals surface area contributed by atoms with E-state index in [9.17, 15) is 4.79 Å². The molecule has 1 aliphatic heterocycles. The van der Waals surface area contributed by atoms with E-state index in [1.807, 2.05) is 43.3 Å². The Morgan fingerprint density at radius 1 is 1.12 bits per heavy atom. The molecule has 0 atom stereocenters. The molecule has 32 heavy (non-hydrogen) atoms. The Morgan fingerprint density at radius 3 is 2.81 bits per heavy atom. The van der Waals surface area contributed by atoms with Crippen molar-refractivity contribution in [2.45, 2.75) is 13.5 Å². The second-order valence-corrected chi connectivity index (χ2v) is 7.58. The minimum Gasteiger partial charge on any atom is -0.454 e. The maximum Gasteiger partial charge on any atom is 0.253 e. The number of hydrogen-bond acceptors (Lipinski definition) is 6. The highest BCUT2D eigenvalue weighted by atomic mass is 35.5. The highest BCUT2D eigenvalue weighted by molar-refractivity contribution is 6.29. The van der Waals surface area contributed by atoms with Gasteiger partial charge in [0.05, 0.1) is 29.2 Å². The third-order valence-corrected chi connectivity index (χ3v) is 5.17. The third-order valence-electron chi connectivity index (χ3n) is 4.95. The minimum absolute atomic E-state index is 0.197. The zero-order valence-corrected chi connectivity index (χ0v) is 17.8. The fraction of sp³-hybridized carbons (Fsp3) is 0.130. The van der Waals surface area contributed by atoms with Crippen LogP contribution in [0.2, 0.25) is 5.15 Å². The molecule has 5 rings (SSSR count). The smallest absolute Gasteiger partial charge is 0.253 e. The zero-order chi connectivity index (χ0) is 22.1. The van der Waals surface area contributed by atoms with Gasteiger partial charge in [-0.25, -0.2) is 9.97 Å². The Bertz CT molecular complexity index is 1300. The maximum atomic E-state index is 12.5. The maximum absolute atomic E-state index is 12.5. The number of amides is 1. The summed E-state index contributed by atoms with van der Waals surface area (Å²) in [5.74, 6) is 1.68. The van der Waals surface area contributed by atoms with E-state index >= 15 is 0 Å². The summed E-state index contributed by atoms with van der Waals surface area (Å²) in [6.45, 7) is 2.33. The van der Waals surface area contributed by atoms with Crippen molar-refractivity contribution in [3.05, 3.63) is 77.0 Å². The number of rotatable bonds is 5. The molecule has 2 N–H and O–H groups in total. The number of halogens is 1. The van der Waals surface area contributed by atoms with Crippen molar-refractivity contribution < 1.29 is 14.3 Å². The first-order valence-electron chi connectivity index (χ1n) is 9.89. The number of H-pyrrole nitrogens is 1. The second-order valence-electron chi connectivity index (χ2n) is 7.19. The fourth-order valence-corrected chi connectivity index (χ4v) is 3.51. The molecular formula is C23H18ClN5O3. The van der Waals surface area contributed by atoms with E-state index in [0.717, 1.165) is 22.6 Å². The van der Waals surface area contributed by atoms with Gasteiger partial charge in [-0.2, -0.15) is 0 Å². The lowest BCUT2D eigenvalue weighted by molar-refractivity contribution is 0.0949. The quantitative estimate of drug-likeness (QED) is 0.445. The first kappa shape index (κ1) is 20.0. The predicted octanol–water partition coefficient (Wildman–Crippen LogP) is 4.15. The average molecular weight is 448 g/mol. The Kier molecular flexibility index (Phi) is 5.20. The summed E-state index contributed by atoms with van der Waals surface area (Å²) in [6.07, 6.45) is 1.43. The van der Waals surface area contributed by atoms with Gasteiger partial charge in [0.15, 0.2) is 11.5 Å². The number of carbonyl (C=O) groups is 1. The number of ether oxygens (including phenoxy) is 2. The van der Waals surface area contributed by atoms with Crippen molar-refractivity contribution >= 4 is 17.5 Å². The van der Waals surface area contributed by atoms with Crippen molar-refractivity contribution in [2.24, 2.45) is 0 Å². The molecular weight excluding hydrogens is 430 g/mol. The second kappa shape index (κ2) is 8.32. The highest BCUT2D eigenvalue weighted by Crippen LogP contribution is 2.38. The van der Waals surface area contributed by atoms with Gasteiger partial charge in [-0.1, -0.05) is 17.7 Å². The fourth-order valence-electron chi connectivity index (χ4n) is 3.40. The SMILES string of the molecule is Cc1cccc(-c2[nH]c(CNC(=O)c3ccc(Cl)nc3)nc2-c2ccc3c(c2)OCO3)n1. The molecule has 0 aliphatic carbocycles. The van der Waals surface area contributed by atoms with Gasteiger partial charge in [0.1, 0.15) is 11.0 Å². The molecule has 0 saturated heterocycles. The number of nitrogens with zero attached hydrogens (tertiary/aromatic N) is 3. The molecule has 4 heterocycles. The van der Waals surface area contributed by atoms with Crippen LogP contribution in [0.5, 0.6) is 11.5 Å². The molecule has 0 unspecified atom stereocenters. The topological polar surface area (TPSA) is 102 Å². The lowest BCUT2D eigenvalue weighted by atomic mass is 10.1. The van der Waals surface area contributed by atoms with Gasteiger partial charge in [0, 0.05) is 17.5 Å². The Balaban J connectivity index is 1.47. The van der Waals surface area contributed by atoms with Crippen LogP contribution in [0.25, 0.3) is 22.6 Å². The summed E-state index contributed by atoms with van der Waals surface area (Å²) in [7, 11) is 0. The van der Waals surface area contributed by atoms with Gasteiger partial charge in [-0.3, -0.25) is 9.78 Å². The standard InChI is InChI=1S/C23H18ClN5O3/c1-13-3-2-4-16(27-13)22-21(14-5-7-17-18(9-14)32-12-31-17)28-20(29-22)11-26-23(30)15-6-8-19(24)25-10-15/h2-10H,11-12H2,1H3,(H,26,30)(H,28,29). The highest BCUT2D eigenvalue weighted by Gasteiger charge is 2.20. The van der Waals surface area contributed by atoms with Crippen LogP contribution in [-0.2, 0) is 6.54 Å². The number of aromatic amines is 1. The lowest BCUT2D eigenvalue weighted by Gasteiger charge is -2.04. The van der Waals surface area contributed by atoms with E-state index in [2.05, 4.69) is 20.3 Å². The zero-order valence-electron chi connectivity index (χ0n) is 17.1. The molecule has 1 amide bonds. The first-order chi connectivity index (χ1) is 15.6. The minimum atomic E-state index is -0.273. The van der Waals surface area contributed by atoms with Gasteiger partial charge in [0.2, 0.25) is 6.79 Å². The molecule has 0 saturated carbocycles. The summed E-state index contributed by atoms with van der Waals surface area (Å²) >= 11 is 5.79. The summed E-state index contributed by atoms with van der Waals surface area (Å²) < 4.78 is 10.9. The number of carbonyl (C=O) groups excluding carboxylic acids is 1. The van der Waals surface area contributed by atoms with E-state index in [4.69, 9.17) is 26.1 Å². The number of imidazole rings is 1. The Morgan fingerprint density at radius 2 is 2.00 bits per heavy atom. The van der Waals surface area contributed by atoms with E-state index in [-0.39, 0.29) is 19.2 Å². The van der Waals surface area contributed by atoms with E-state index in [1.54, 1.807) is 12.1 Å². The van der Waals surface area contributed by atoms with Gasteiger partial charge in [-0.15, -0.1) is 0 Å². The molecule has 9 heteroatoms. The van der Waals surface area contributed by atoms with Crippen LogP contribution >= 0.6 is 11.6 Å². The summed E-state index contributed by atoms with van der Waals surface area (Å²) in [4.78, 5) is 29.1. The number of pyridine rings is 2. The molecule has 1 aromatic carbocycles. The molecule has 1 aliphatic rings. The van der Waals surface area contributed by atoms with Gasteiger partial charge in [0.25, 0.3) is 5.91 Å². The predicted molar refractivity (Wildman–Crippen MR) is 119 cm³/mol. The lowest BCUT2D eigenvalue weighted by Crippen LogP contribution is -2.23. The van der Waals surface area contributed by atoms with Crippen molar-refractivity contribution in [3.8, 4) is 34.1 Å². The van der Waals surface area contributed by atoms with Crippen LogP contribution in [0.4, 0.5) is 0 Å². The number of nitrogens with one attached hydrogen (secondary N) is 2. The number of hydrogen-bond donors (Lipinski definition) is 2. The van der Waals surface area contributed by atoms with Gasteiger partial charge in [-0.05, 0) is 49.4 Å². The average Bonchev–Trinajstić information content (AvgIpc) is 3.44. The largest absolute Gasteiger partial charge is 0.454 e. The monoisotopic (exact) mass is 447 g/mol. The Labute approximate surface area is 188 Å². The van der Waals surface area contributed by atoms with Gasteiger partial charge >= 0.3 is 0 Å². The van der Waals surface area contributed by atoms with Crippen LogP contribution in [-0.4, -0.2) is 32.6 Å². The molecule has 0 spiro atoms. The summed E-state index contributed by atoms with van der Waals surface area (Å²) in [5, 5.41) is 3.18. The van der Waals surface area contributed by atoms with Crippen LogP contribution in [0.3, 0.4) is 0 Å². The van der Waals surface area contributed by atoms with E-state index < -0.39 is 0 Å². The molecule has 0 radical (unpaired) electrons. The van der Waals surface area contributed by atoms with E-state index in [0.29, 0.717) is 33.7 Å². The molecule has 160 valence electrons. The molecule has 0 bridgehead atoms.